The molecule has 0 saturated carbocycles. The van der Waals surface area contributed by atoms with Crippen LogP contribution in [0.5, 0.6) is 0 Å². The predicted octanol–water partition coefficient (Wildman–Crippen LogP) is 0.500. The Morgan fingerprint density at radius 1 is 1.44 bits per heavy atom. The van der Waals surface area contributed by atoms with Crippen molar-refractivity contribution in [1.82, 2.24) is 15.3 Å². The van der Waals surface area contributed by atoms with E-state index in [9.17, 15) is 0 Å². The topological polar surface area (TPSA) is 44.5 Å². The minimum Gasteiger partial charge on any atom is -0.329 e. The van der Waals surface area contributed by atoms with E-state index in [4.69, 9.17) is 5.73 Å². The summed E-state index contributed by atoms with van der Waals surface area (Å²) in [6, 6.07) is 4.49. The van der Waals surface area contributed by atoms with Crippen molar-refractivity contribution in [2.45, 2.75) is 6.04 Å². The van der Waals surface area contributed by atoms with Crippen molar-refractivity contribution in [1.29, 1.82) is 0 Å². The van der Waals surface area contributed by atoms with Gasteiger partial charge >= 0.3 is 0 Å². The molecule has 1 aromatic heterocycles. The summed E-state index contributed by atoms with van der Waals surface area (Å²) in [6.45, 7) is 5.02. The van der Waals surface area contributed by atoms with Crippen molar-refractivity contribution >= 4 is 11.3 Å². The summed E-state index contributed by atoms with van der Waals surface area (Å²) in [4.78, 5) is 3.67. The summed E-state index contributed by atoms with van der Waals surface area (Å²) in [5.41, 5.74) is 9.34. The van der Waals surface area contributed by atoms with Crippen LogP contribution in [0.25, 0.3) is 0 Å². The van der Waals surface area contributed by atoms with Gasteiger partial charge in [-0.25, -0.2) is 10.4 Å². The predicted molar refractivity (Wildman–Crippen MR) is 68.3 cm³/mol. The second kappa shape index (κ2) is 5.75. The molecule has 16 heavy (non-hydrogen) atoms. The fourth-order valence-corrected chi connectivity index (χ4v) is 2.66. The van der Waals surface area contributed by atoms with E-state index < -0.39 is 0 Å². The van der Waals surface area contributed by atoms with Crippen LogP contribution in [0.1, 0.15) is 10.9 Å². The standard InChI is InChI=1S/C11H20N4S/c1-14-4-6-15(7-5-14)13-10(9-12)11-3-2-8-16-11/h2-3,8,10,13H,4-7,9,12H2,1H3. The minimum absolute atomic E-state index is 0.267. The third kappa shape index (κ3) is 3.02. The molecule has 1 unspecified atom stereocenters. The van der Waals surface area contributed by atoms with Crippen LogP contribution in [0.2, 0.25) is 0 Å². The molecule has 0 amide bonds. The number of thiophene rings is 1. The quantitative estimate of drug-likeness (QED) is 0.804. The summed E-state index contributed by atoms with van der Waals surface area (Å²) in [5, 5.41) is 4.39. The Hall–Kier alpha value is -0.460. The fourth-order valence-electron chi connectivity index (χ4n) is 1.88. The average Bonchev–Trinajstić information content (AvgIpc) is 2.82. The molecule has 0 aliphatic carbocycles. The molecule has 0 spiro atoms. The van der Waals surface area contributed by atoms with Crippen LogP contribution in [0.15, 0.2) is 17.5 Å². The average molecular weight is 240 g/mol. The van der Waals surface area contributed by atoms with E-state index >= 15 is 0 Å². The lowest BCUT2D eigenvalue weighted by Crippen LogP contribution is -2.52. The maximum absolute atomic E-state index is 5.82. The highest BCUT2D eigenvalue weighted by Gasteiger charge is 2.18. The number of rotatable bonds is 4. The summed E-state index contributed by atoms with van der Waals surface area (Å²) in [5.74, 6) is 0. The Balaban J connectivity index is 1.87. The lowest BCUT2D eigenvalue weighted by Gasteiger charge is -2.35. The van der Waals surface area contributed by atoms with Crippen LogP contribution in [-0.2, 0) is 0 Å². The highest BCUT2D eigenvalue weighted by molar-refractivity contribution is 7.10. The molecule has 1 aliphatic rings. The first-order chi connectivity index (χ1) is 7.79. The van der Waals surface area contributed by atoms with E-state index in [1.807, 2.05) is 0 Å². The zero-order chi connectivity index (χ0) is 11.4. The number of nitrogens with two attached hydrogens (primary N) is 1. The van der Waals surface area contributed by atoms with Crippen LogP contribution in [0, 0.1) is 0 Å². The Morgan fingerprint density at radius 2 is 2.19 bits per heavy atom. The van der Waals surface area contributed by atoms with Gasteiger partial charge in [0.05, 0.1) is 6.04 Å². The lowest BCUT2D eigenvalue weighted by atomic mass is 10.2. The molecule has 0 radical (unpaired) electrons. The number of hydrazine groups is 1. The van der Waals surface area contributed by atoms with Crippen LogP contribution >= 0.6 is 11.3 Å². The molecule has 1 fully saturated rings. The largest absolute Gasteiger partial charge is 0.329 e. The molecule has 2 heterocycles. The van der Waals surface area contributed by atoms with E-state index in [0.29, 0.717) is 6.54 Å². The van der Waals surface area contributed by atoms with Crippen LogP contribution < -0.4 is 11.2 Å². The number of nitrogens with one attached hydrogen (secondary N) is 1. The van der Waals surface area contributed by atoms with E-state index in [1.54, 1.807) is 11.3 Å². The molecule has 3 N–H and O–H groups in total. The first-order valence-electron chi connectivity index (χ1n) is 5.72. The third-order valence-corrected chi connectivity index (χ3v) is 3.95. The minimum atomic E-state index is 0.267. The van der Waals surface area contributed by atoms with Crippen molar-refractivity contribution in [2.75, 3.05) is 39.8 Å². The van der Waals surface area contributed by atoms with Gasteiger partial charge in [-0.15, -0.1) is 11.3 Å². The van der Waals surface area contributed by atoms with E-state index in [0.717, 1.165) is 26.2 Å². The Kier molecular flexibility index (Phi) is 4.31. The molecule has 1 atom stereocenters. The van der Waals surface area contributed by atoms with Crippen molar-refractivity contribution in [2.24, 2.45) is 5.73 Å². The molecule has 5 heteroatoms. The van der Waals surface area contributed by atoms with Crippen molar-refractivity contribution in [3.05, 3.63) is 22.4 Å². The smallest absolute Gasteiger partial charge is 0.0680 e. The van der Waals surface area contributed by atoms with Crippen LogP contribution in [0.4, 0.5) is 0 Å². The molecule has 90 valence electrons. The molecule has 0 aromatic carbocycles. The van der Waals surface area contributed by atoms with Gasteiger partial charge in [-0.1, -0.05) is 6.07 Å². The first kappa shape index (κ1) is 12.0. The van der Waals surface area contributed by atoms with Gasteiger partial charge in [0.15, 0.2) is 0 Å². The zero-order valence-electron chi connectivity index (χ0n) is 9.72. The number of hydrogen-bond acceptors (Lipinski definition) is 5. The molecule has 4 nitrogen and oxygen atoms in total. The highest BCUT2D eigenvalue weighted by atomic mass is 32.1. The van der Waals surface area contributed by atoms with Gasteiger partial charge in [0.1, 0.15) is 0 Å². The Morgan fingerprint density at radius 3 is 2.75 bits per heavy atom. The summed E-state index contributed by atoms with van der Waals surface area (Å²) in [7, 11) is 2.16. The van der Waals surface area contributed by atoms with Gasteiger partial charge in [0, 0.05) is 37.6 Å². The van der Waals surface area contributed by atoms with Gasteiger partial charge in [-0.2, -0.15) is 0 Å². The normalized spacial score (nSPS) is 21.1. The SMILES string of the molecule is CN1CCN(NC(CN)c2cccs2)CC1. The lowest BCUT2D eigenvalue weighted by molar-refractivity contribution is 0.0886. The van der Waals surface area contributed by atoms with E-state index in [2.05, 4.69) is 39.9 Å². The van der Waals surface area contributed by atoms with Gasteiger partial charge < -0.3 is 10.6 Å². The summed E-state index contributed by atoms with van der Waals surface area (Å²) < 4.78 is 0. The highest BCUT2D eigenvalue weighted by Crippen LogP contribution is 2.18. The monoisotopic (exact) mass is 240 g/mol. The number of piperazine rings is 1. The number of nitrogens with zero attached hydrogens (tertiary/aromatic N) is 2. The maximum Gasteiger partial charge on any atom is 0.0680 e. The van der Waals surface area contributed by atoms with Crippen LogP contribution in [0.3, 0.4) is 0 Å². The van der Waals surface area contributed by atoms with Crippen molar-refractivity contribution in [3.8, 4) is 0 Å². The third-order valence-electron chi connectivity index (χ3n) is 2.96. The Labute approximate surface area is 101 Å². The number of likely N-dealkylation sites (N-methyl/N-ethyl adjacent to an activating group) is 1. The zero-order valence-corrected chi connectivity index (χ0v) is 10.5. The molecule has 1 aliphatic heterocycles. The van der Waals surface area contributed by atoms with Crippen molar-refractivity contribution in [3.63, 3.8) is 0 Å². The molecular weight excluding hydrogens is 220 g/mol. The van der Waals surface area contributed by atoms with Crippen LogP contribution in [-0.4, -0.2) is 49.7 Å². The van der Waals surface area contributed by atoms with Gasteiger partial charge in [0.25, 0.3) is 0 Å². The fraction of sp³-hybridized carbons (Fsp3) is 0.636. The first-order valence-corrected chi connectivity index (χ1v) is 6.60. The molecule has 1 saturated heterocycles. The maximum atomic E-state index is 5.82. The van der Waals surface area contributed by atoms with Gasteiger partial charge in [-0.05, 0) is 18.5 Å². The molecule has 0 bridgehead atoms. The van der Waals surface area contributed by atoms with Gasteiger partial charge in [0.2, 0.25) is 0 Å². The second-order valence-corrected chi connectivity index (χ2v) is 5.20. The molecular formula is C11H20N4S. The Bertz CT molecular complexity index is 293. The summed E-state index contributed by atoms with van der Waals surface area (Å²) in [6.07, 6.45) is 0. The van der Waals surface area contributed by atoms with Crippen molar-refractivity contribution < 1.29 is 0 Å². The second-order valence-electron chi connectivity index (χ2n) is 4.22. The summed E-state index contributed by atoms with van der Waals surface area (Å²) >= 11 is 1.77. The molecule has 2 rings (SSSR count). The molecule has 1 aromatic rings. The number of hydrogen-bond donors (Lipinski definition) is 2. The van der Waals surface area contributed by atoms with E-state index in [1.165, 1.54) is 4.88 Å². The van der Waals surface area contributed by atoms with Gasteiger partial charge in [-0.3, -0.25) is 0 Å². The van der Waals surface area contributed by atoms with E-state index in [-0.39, 0.29) is 6.04 Å².